The third-order valence-corrected chi connectivity index (χ3v) is 5.22. The van der Waals surface area contributed by atoms with Crippen LogP contribution in [0, 0.1) is 0 Å². The summed E-state index contributed by atoms with van der Waals surface area (Å²) in [5.41, 5.74) is 7.13. The molecule has 5 heteroatoms. The lowest BCUT2D eigenvalue weighted by molar-refractivity contribution is 0.0630. The highest BCUT2D eigenvalue weighted by Crippen LogP contribution is 2.26. The topological polar surface area (TPSA) is 49.6 Å². The van der Waals surface area contributed by atoms with Gasteiger partial charge in [-0.15, -0.1) is 0 Å². The predicted octanol–water partition coefficient (Wildman–Crippen LogP) is 2.98. The Balaban J connectivity index is 2.02. The van der Waals surface area contributed by atoms with Gasteiger partial charge in [-0.1, -0.05) is 19.9 Å². The zero-order chi connectivity index (χ0) is 15.4. The molecule has 1 aliphatic rings. The average molecular weight is 354 g/mol. The van der Waals surface area contributed by atoms with Gasteiger partial charge in [-0.3, -0.25) is 4.79 Å². The first-order valence-electron chi connectivity index (χ1n) is 7.65. The summed E-state index contributed by atoms with van der Waals surface area (Å²) in [6.07, 6.45) is 2.10. The highest BCUT2D eigenvalue weighted by molar-refractivity contribution is 9.10. The van der Waals surface area contributed by atoms with Crippen LogP contribution in [-0.4, -0.2) is 47.9 Å². The molecule has 21 heavy (non-hydrogen) atoms. The number of anilines is 1. The summed E-state index contributed by atoms with van der Waals surface area (Å²) in [6, 6.07) is 6.07. The van der Waals surface area contributed by atoms with E-state index < -0.39 is 0 Å². The SMILES string of the molecule is CCN(CC)C1CCN(C(=O)c2cccc(N)c2Br)CC1. The minimum atomic E-state index is 0.0761. The molecule has 0 aliphatic carbocycles. The number of amides is 1. The third-order valence-electron chi connectivity index (χ3n) is 4.34. The van der Waals surface area contributed by atoms with Crippen LogP contribution in [0.25, 0.3) is 0 Å². The molecule has 0 spiro atoms. The van der Waals surface area contributed by atoms with Gasteiger partial charge in [0.05, 0.1) is 10.0 Å². The number of nitrogen functional groups attached to an aromatic ring is 1. The minimum Gasteiger partial charge on any atom is -0.398 e. The fourth-order valence-electron chi connectivity index (χ4n) is 3.06. The van der Waals surface area contributed by atoms with Crippen LogP contribution < -0.4 is 5.73 Å². The lowest BCUT2D eigenvalue weighted by Crippen LogP contribution is -2.46. The van der Waals surface area contributed by atoms with Gasteiger partial charge in [0, 0.05) is 24.8 Å². The minimum absolute atomic E-state index is 0.0761. The van der Waals surface area contributed by atoms with Gasteiger partial charge in [0.2, 0.25) is 0 Å². The number of rotatable bonds is 4. The van der Waals surface area contributed by atoms with Crippen molar-refractivity contribution in [3.8, 4) is 0 Å². The van der Waals surface area contributed by atoms with Crippen molar-refractivity contribution in [3.63, 3.8) is 0 Å². The van der Waals surface area contributed by atoms with Crippen LogP contribution in [0.1, 0.15) is 37.0 Å². The number of carbonyl (C=O) groups is 1. The molecule has 0 atom stereocenters. The summed E-state index contributed by atoms with van der Waals surface area (Å²) in [7, 11) is 0. The number of nitrogens with two attached hydrogens (primary N) is 1. The largest absolute Gasteiger partial charge is 0.398 e. The molecular formula is C16H24BrN3O. The molecule has 116 valence electrons. The maximum Gasteiger partial charge on any atom is 0.255 e. The van der Waals surface area contributed by atoms with Crippen molar-refractivity contribution in [2.45, 2.75) is 32.7 Å². The number of nitrogens with zero attached hydrogens (tertiary/aromatic N) is 2. The molecule has 1 amide bonds. The van der Waals surface area contributed by atoms with Gasteiger partial charge in [-0.05, 0) is 54.0 Å². The average Bonchev–Trinajstić information content (AvgIpc) is 2.51. The summed E-state index contributed by atoms with van der Waals surface area (Å²) in [5.74, 6) is 0.0761. The molecule has 1 fully saturated rings. The van der Waals surface area contributed by atoms with Gasteiger partial charge >= 0.3 is 0 Å². The molecule has 2 N–H and O–H groups in total. The lowest BCUT2D eigenvalue weighted by atomic mass is 10.0. The Morgan fingerprint density at radius 3 is 2.52 bits per heavy atom. The van der Waals surface area contributed by atoms with Crippen molar-refractivity contribution in [1.29, 1.82) is 0 Å². The van der Waals surface area contributed by atoms with E-state index in [0.717, 1.165) is 39.0 Å². The third kappa shape index (κ3) is 3.58. The molecule has 0 saturated carbocycles. The summed E-state index contributed by atoms with van der Waals surface area (Å²) >= 11 is 3.42. The van der Waals surface area contributed by atoms with E-state index in [1.54, 1.807) is 6.07 Å². The summed E-state index contributed by atoms with van der Waals surface area (Å²) in [6.45, 7) is 8.20. The van der Waals surface area contributed by atoms with E-state index in [1.807, 2.05) is 17.0 Å². The summed E-state index contributed by atoms with van der Waals surface area (Å²) in [4.78, 5) is 17.0. The second kappa shape index (κ2) is 7.27. The first-order valence-corrected chi connectivity index (χ1v) is 8.45. The molecule has 0 unspecified atom stereocenters. The van der Waals surface area contributed by atoms with Crippen LogP contribution in [0.3, 0.4) is 0 Å². The van der Waals surface area contributed by atoms with Crippen LogP contribution in [0.15, 0.2) is 22.7 Å². The van der Waals surface area contributed by atoms with Gasteiger partial charge in [0.25, 0.3) is 5.91 Å². The van der Waals surface area contributed by atoms with Crippen LogP contribution >= 0.6 is 15.9 Å². The number of benzene rings is 1. The smallest absolute Gasteiger partial charge is 0.255 e. The Morgan fingerprint density at radius 1 is 1.33 bits per heavy atom. The van der Waals surface area contributed by atoms with E-state index in [9.17, 15) is 4.79 Å². The number of likely N-dealkylation sites (tertiary alicyclic amines) is 1. The van der Waals surface area contributed by atoms with Crippen LogP contribution in [0.2, 0.25) is 0 Å². The molecule has 1 aromatic carbocycles. The monoisotopic (exact) mass is 353 g/mol. The van der Waals surface area contributed by atoms with Gasteiger partial charge < -0.3 is 15.5 Å². The first kappa shape index (κ1) is 16.3. The van der Waals surface area contributed by atoms with Gasteiger partial charge in [0.1, 0.15) is 0 Å². The molecule has 4 nitrogen and oxygen atoms in total. The Bertz CT molecular complexity index is 494. The maximum absolute atomic E-state index is 12.6. The molecule has 1 aliphatic heterocycles. The van der Waals surface area contributed by atoms with E-state index in [0.29, 0.717) is 21.8 Å². The predicted molar refractivity (Wildman–Crippen MR) is 90.4 cm³/mol. The zero-order valence-electron chi connectivity index (χ0n) is 12.8. The first-order chi connectivity index (χ1) is 10.1. The van der Waals surface area contributed by atoms with Crippen molar-refractivity contribution < 1.29 is 4.79 Å². The van der Waals surface area contributed by atoms with E-state index in [-0.39, 0.29) is 5.91 Å². The Morgan fingerprint density at radius 2 is 1.95 bits per heavy atom. The van der Waals surface area contributed by atoms with E-state index >= 15 is 0 Å². The number of halogens is 1. The molecule has 1 saturated heterocycles. The Kier molecular flexibility index (Phi) is 5.65. The molecule has 0 bridgehead atoms. The fourth-order valence-corrected chi connectivity index (χ4v) is 3.49. The number of hydrogen-bond acceptors (Lipinski definition) is 3. The van der Waals surface area contributed by atoms with Gasteiger partial charge in [-0.2, -0.15) is 0 Å². The highest BCUT2D eigenvalue weighted by Gasteiger charge is 2.27. The van der Waals surface area contributed by atoms with Crippen molar-refractivity contribution in [3.05, 3.63) is 28.2 Å². The second-order valence-electron chi connectivity index (χ2n) is 5.45. The number of carbonyl (C=O) groups excluding carboxylic acids is 1. The molecule has 0 radical (unpaired) electrons. The van der Waals surface area contributed by atoms with Crippen LogP contribution in [0.5, 0.6) is 0 Å². The standard InChI is InChI=1S/C16H24BrN3O/c1-3-19(4-2)12-8-10-20(11-9-12)16(21)13-6-5-7-14(18)15(13)17/h5-7,12H,3-4,8-11,18H2,1-2H3. The van der Waals surface area contributed by atoms with Crippen LogP contribution in [0.4, 0.5) is 5.69 Å². The summed E-state index contributed by atoms with van der Waals surface area (Å²) < 4.78 is 0.709. The maximum atomic E-state index is 12.6. The van der Waals surface area contributed by atoms with Crippen molar-refractivity contribution in [2.75, 3.05) is 31.9 Å². The second-order valence-corrected chi connectivity index (χ2v) is 6.25. The zero-order valence-corrected chi connectivity index (χ0v) is 14.4. The van der Waals surface area contributed by atoms with Crippen molar-refractivity contribution in [1.82, 2.24) is 9.80 Å². The van der Waals surface area contributed by atoms with E-state index in [4.69, 9.17) is 5.73 Å². The molecule has 0 aromatic heterocycles. The van der Waals surface area contributed by atoms with Crippen molar-refractivity contribution >= 4 is 27.5 Å². The molecule has 1 aromatic rings. The van der Waals surface area contributed by atoms with E-state index in [1.165, 1.54) is 0 Å². The van der Waals surface area contributed by atoms with Gasteiger partial charge in [-0.25, -0.2) is 0 Å². The normalized spacial score (nSPS) is 16.5. The fraction of sp³-hybridized carbons (Fsp3) is 0.562. The molecule has 2 rings (SSSR count). The Labute approximate surface area is 135 Å². The quantitative estimate of drug-likeness (QED) is 0.846. The lowest BCUT2D eigenvalue weighted by Gasteiger charge is -2.37. The molecular weight excluding hydrogens is 330 g/mol. The Hall–Kier alpha value is -1.07. The van der Waals surface area contributed by atoms with Gasteiger partial charge in [0.15, 0.2) is 0 Å². The van der Waals surface area contributed by atoms with Crippen molar-refractivity contribution in [2.24, 2.45) is 0 Å². The summed E-state index contributed by atoms with van der Waals surface area (Å²) in [5, 5.41) is 0. The highest BCUT2D eigenvalue weighted by atomic mass is 79.9. The number of hydrogen-bond donors (Lipinski definition) is 1. The molecule has 1 heterocycles. The number of piperidine rings is 1. The van der Waals surface area contributed by atoms with Crippen LogP contribution in [-0.2, 0) is 0 Å². The van der Waals surface area contributed by atoms with E-state index in [2.05, 4.69) is 34.7 Å².